The van der Waals surface area contributed by atoms with Gasteiger partial charge in [-0.15, -0.1) is 0 Å². The van der Waals surface area contributed by atoms with E-state index >= 15 is 0 Å². The minimum absolute atomic E-state index is 0.786. The molecule has 74 valence electrons. The molecular weight excluding hydrogens is 158 g/mol. The zero-order valence-electron chi connectivity index (χ0n) is 8.79. The Labute approximate surface area is 81.6 Å². The van der Waals surface area contributed by atoms with E-state index in [2.05, 4.69) is 31.3 Å². The van der Waals surface area contributed by atoms with Gasteiger partial charge in [-0.2, -0.15) is 0 Å². The summed E-state index contributed by atoms with van der Waals surface area (Å²) in [5.41, 5.74) is 0. The van der Waals surface area contributed by atoms with Crippen LogP contribution in [0.5, 0.6) is 0 Å². The van der Waals surface area contributed by atoms with Crippen molar-refractivity contribution in [3.63, 3.8) is 0 Å². The van der Waals surface area contributed by atoms with Gasteiger partial charge in [-0.1, -0.05) is 26.0 Å². The van der Waals surface area contributed by atoms with Crippen molar-refractivity contribution in [3.8, 4) is 0 Å². The van der Waals surface area contributed by atoms with Crippen molar-refractivity contribution in [3.05, 3.63) is 12.2 Å². The highest BCUT2D eigenvalue weighted by Crippen LogP contribution is 2.42. The molecule has 1 fully saturated rings. The zero-order valence-corrected chi connectivity index (χ0v) is 8.79. The minimum Gasteiger partial charge on any atom is -0.316 e. The molecule has 0 aromatic carbocycles. The van der Waals surface area contributed by atoms with Gasteiger partial charge in [0.05, 0.1) is 0 Å². The second kappa shape index (κ2) is 3.83. The number of nitrogens with one attached hydrogen (secondary N) is 1. The van der Waals surface area contributed by atoms with Crippen molar-refractivity contribution in [1.29, 1.82) is 0 Å². The summed E-state index contributed by atoms with van der Waals surface area (Å²) < 4.78 is 0. The van der Waals surface area contributed by atoms with Crippen molar-refractivity contribution in [1.82, 2.24) is 5.32 Å². The number of hydrogen-bond donors (Lipinski definition) is 1. The summed E-state index contributed by atoms with van der Waals surface area (Å²) in [6.45, 7) is 6.96. The normalized spacial score (nSPS) is 36.4. The Morgan fingerprint density at radius 2 is 2.15 bits per heavy atom. The maximum absolute atomic E-state index is 3.58. The Balaban J connectivity index is 1.69. The largest absolute Gasteiger partial charge is 0.316 e. The molecule has 0 saturated heterocycles. The summed E-state index contributed by atoms with van der Waals surface area (Å²) in [6, 6.07) is 0. The van der Waals surface area contributed by atoms with Gasteiger partial charge in [0.1, 0.15) is 0 Å². The van der Waals surface area contributed by atoms with Gasteiger partial charge in [0.25, 0.3) is 0 Å². The molecule has 1 nitrogen and oxygen atoms in total. The summed E-state index contributed by atoms with van der Waals surface area (Å²) in [7, 11) is 0. The van der Waals surface area contributed by atoms with Crippen LogP contribution in [-0.4, -0.2) is 13.1 Å². The number of fused-ring (bicyclic) bond motifs is 2. The maximum atomic E-state index is 3.58. The molecule has 0 spiro atoms. The third kappa shape index (κ3) is 2.14. The first-order chi connectivity index (χ1) is 6.25. The lowest BCUT2D eigenvalue weighted by Gasteiger charge is -2.19. The highest BCUT2D eigenvalue weighted by Gasteiger charge is 2.34. The summed E-state index contributed by atoms with van der Waals surface area (Å²) >= 11 is 0. The predicted octanol–water partition coefficient (Wildman–Crippen LogP) is 2.44. The molecule has 0 aliphatic heterocycles. The summed E-state index contributed by atoms with van der Waals surface area (Å²) in [5, 5.41) is 3.58. The third-order valence-electron chi connectivity index (χ3n) is 3.38. The van der Waals surface area contributed by atoms with Crippen LogP contribution in [0.1, 0.15) is 26.7 Å². The first-order valence-electron chi connectivity index (χ1n) is 5.64. The fourth-order valence-electron chi connectivity index (χ4n) is 2.69. The van der Waals surface area contributed by atoms with Gasteiger partial charge in [-0.3, -0.25) is 0 Å². The Bertz CT molecular complexity index is 195. The van der Waals surface area contributed by atoms with Crippen molar-refractivity contribution in [2.45, 2.75) is 26.7 Å². The second-order valence-electron chi connectivity index (χ2n) is 5.09. The highest BCUT2D eigenvalue weighted by atomic mass is 14.9. The van der Waals surface area contributed by atoms with Gasteiger partial charge in [0.2, 0.25) is 0 Å². The smallest absolute Gasteiger partial charge is 0.00146 e. The van der Waals surface area contributed by atoms with Gasteiger partial charge in [-0.05, 0) is 49.6 Å². The van der Waals surface area contributed by atoms with Gasteiger partial charge in [0.15, 0.2) is 0 Å². The summed E-state index contributed by atoms with van der Waals surface area (Å²) in [6.07, 6.45) is 7.74. The van der Waals surface area contributed by atoms with E-state index in [1.165, 1.54) is 25.9 Å². The fourth-order valence-corrected chi connectivity index (χ4v) is 2.69. The van der Waals surface area contributed by atoms with E-state index in [4.69, 9.17) is 0 Å². The van der Waals surface area contributed by atoms with Gasteiger partial charge < -0.3 is 5.32 Å². The number of hydrogen-bond acceptors (Lipinski definition) is 1. The van der Waals surface area contributed by atoms with Crippen molar-refractivity contribution < 1.29 is 0 Å². The molecule has 1 heteroatoms. The molecule has 13 heavy (non-hydrogen) atoms. The van der Waals surface area contributed by atoms with Crippen LogP contribution in [-0.2, 0) is 0 Å². The van der Waals surface area contributed by atoms with Crippen LogP contribution in [0, 0.1) is 23.7 Å². The topological polar surface area (TPSA) is 12.0 Å². The molecule has 2 rings (SSSR count). The lowest BCUT2D eigenvalue weighted by molar-refractivity contribution is 0.400. The highest BCUT2D eigenvalue weighted by molar-refractivity contribution is 5.10. The Kier molecular flexibility index (Phi) is 2.73. The molecule has 0 aromatic rings. The van der Waals surface area contributed by atoms with E-state index in [9.17, 15) is 0 Å². The zero-order chi connectivity index (χ0) is 9.26. The average molecular weight is 179 g/mol. The number of rotatable bonds is 4. The van der Waals surface area contributed by atoms with Crippen LogP contribution < -0.4 is 5.32 Å². The van der Waals surface area contributed by atoms with E-state index in [-0.39, 0.29) is 0 Å². The van der Waals surface area contributed by atoms with E-state index in [0.717, 1.165) is 23.7 Å². The van der Waals surface area contributed by atoms with Crippen LogP contribution in [0.3, 0.4) is 0 Å². The lowest BCUT2D eigenvalue weighted by Crippen LogP contribution is -2.28. The molecule has 0 radical (unpaired) electrons. The average Bonchev–Trinajstić information content (AvgIpc) is 2.64. The van der Waals surface area contributed by atoms with Gasteiger partial charge in [-0.25, -0.2) is 0 Å². The Hall–Kier alpha value is -0.300. The van der Waals surface area contributed by atoms with Crippen LogP contribution >= 0.6 is 0 Å². The van der Waals surface area contributed by atoms with E-state index in [1.807, 2.05) is 0 Å². The minimum atomic E-state index is 0.786. The summed E-state index contributed by atoms with van der Waals surface area (Å²) in [5.74, 6) is 3.56. The van der Waals surface area contributed by atoms with Crippen LogP contribution in [0.4, 0.5) is 0 Å². The van der Waals surface area contributed by atoms with E-state index in [1.54, 1.807) is 0 Å². The fraction of sp³-hybridized carbons (Fsp3) is 0.833. The molecule has 0 amide bonds. The molecule has 0 heterocycles. The van der Waals surface area contributed by atoms with Crippen LogP contribution in [0.25, 0.3) is 0 Å². The van der Waals surface area contributed by atoms with Gasteiger partial charge in [0, 0.05) is 0 Å². The van der Waals surface area contributed by atoms with Crippen LogP contribution in [0.2, 0.25) is 0 Å². The number of allylic oxidation sites excluding steroid dienone is 2. The molecule has 3 atom stereocenters. The Morgan fingerprint density at radius 3 is 2.69 bits per heavy atom. The van der Waals surface area contributed by atoms with Gasteiger partial charge >= 0.3 is 0 Å². The first-order valence-corrected chi connectivity index (χ1v) is 5.64. The molecule has 1 saturated carbocycles. The van der Waals surface area contributed by atoms with Crippen molar-refractivity contribution in [2.24, 2.45) is 23.7 Å². The van der Waals surface area contributed by atoms with E-state index < -0.39 is 0 Å². The molecule has 2 aliphatic rings. The standard InChI is InChI=1S/C12H21N/c1-9(2)7-13-8-12-6-10-3-4-11(12)5-10/h3-4,9-13H,5-8H2,1-2H3/t10-,11-,12+/m0/s1. The van der Waals surface area contributed by atoms with Crippen LogP contribution in [0.15, 0.2) is 12.2 Å². The first kappa shape index (κ1) is 9.26. The molecule has 1 N–H and O–H groups in total. The van der Waals surface area contributed by atoms with Crippen molar-refractivity contribution in [2.75, 3.05) is 13.1 Å². The molecule has 0 aromatic heterocycles. The predicted molar refractivity (Wildman–Crippen MR) is 56.6 cm³/mol. The van der Waals surface area contributed by atoms with E-state index in [0.29, 0.717) is 0 Å². The maximum Gasteiger partial charge on any atom is -0.00146 e. The van der Waals surface area contributed by atoms with Crippen molar-refractivity contribution >= 4 is 0 Å². The quantitative estimate of drug-likeness (QED) is 0.654. The second-order valence-corrected chi connectivity index (χ2v) is 5.09. The summed E-state index contributed by atoms with van der Waals surface area (Å²) in [4.78, 5) is 0. The molecule has 2 aliphatic carbocycles. The molecule has 2 bridgehead atoms. The molecule has 0 unspecified atom stereocenters. The molecular formula is C12H21N. The SMILES string of the molecule is CC(C)CNC[C@H]1C[C@H]2C=C[C@H]1C2. The monoisotopic (exact) mass is 179 g/mol. The third-order valence-corrected chi connectivity index (χ3v) is 3.38. The lowest BCUT2D eigenvalue weighted by atomic mass is 9.93. The Morgan fingerprint density at radius 1 is 1.31 bits per heavy atom.